The molecule has 4 N–H and O–H groups in total. The van der Waals surface area contributed by atoms with Gasteiger partial charge in [-0.05, 0) is 54.1 Å². The average molecular weight is 420 g/mol. The highest BCUT2D eigenvalue weighted by Crippen LogP contribution is 2.22. The molecule has 4 amide bonds. The zero-order valence-corrected chi connectivity index (χ0v) is 16.7. The van der Waals surface area contributed by atoms with E-state index in [9.17, 15) is 18.8 Å². The number of carbonyl (C=O) groups is 3. The molecule has 0 aromatic heterocycles. The quantitative estimate of drug-likeness (QED) is 0.565. The van der Waals surface area contributed by atoms with Gasteiger partial charge in [0.05, 0.1) is 0 Å². The van der Waals surface area contributed by atoms with Crippen LogP contribution in [0.3, 0.4) is 0 Å². The highest BCUT2D eigenvalue weighted by atomic mass is 19.1. The molecule has 3 aromatic rings. The van der Waals surface area contributed by atoms with E-state index < -0.39 is 29.7 Å². The van der Waals surface area contributed by atoms with Crippen molar-refractivity contribution in [2.75, 3.05) is 17.7 Å². The van der Waals surface area contributed by atoms with Crippen molar-refractivity contribution < 1.29 is 18.8 Å². The number of carbonyl (C=O) groups excluding carboxylic acids is 3. The van der Waals surface area contributed by atoms with Gasteiger partial charge in [0.1, 0.15) is 11.9 Å². The SMILES string of the molecule is CN(C(=O)c1ccc(NC(=O)Nc2ccccc2)cc1)C(C(N)=O)c1cccc(F)c1. The first-order chi connectivity index (χ1) is 14.8. The molecule has 1 atom stereocenters. The van der Waals surface area contributed by atoms with Gasteiger partial charge in [0.25, 0.3) is 5.91 Å². The molecular weight excluding hydrogens is 399 g/mol. The van der Waals surface area contributed by atoms with E-state index in [0.29, 0.717) is 11.4 Å². The summed E-state index contributed by atoms with van der Waals surface area (Å²) in [5.41, 5.74) is 7.14. The number of rotatable bonds is 6. The van der Waals surface area contributed by atoms with Crippen molar-refractivity contribution in [2.24, 2.45) is 5.73 Å². The molecule has 3 aromatic carbocycles. The lowest BCUT2D eigenvalue weighted by molar-refractivity contribution is -0.122. The molecule has 0 saturated heterocycles. The van der Waals surface area contributed by atoms with Crippen LogP contribution < -0.4 is 16.4 Å². The van der Waals surface area contributed by atoms with E-state index in [4.69, 9.17) is 5.73 Å². The smallest absolute Gasteiger partial charge is 0.323 e. The molecule has 0 fully saturated rings. The van der Waals surface area contributed by atoms with Gasteiger partial charge in [-0.3, -0.25) is 9.59 Å². The predicted molar refractivity (Wildman–Crippen MR) is 116 cm³/mol. The lowest BCUT2D eigenvalue weighted by Gasteiger charge is -2.26. The Morgan fingerprint density at radius 1 is 0.871 bits per heavy atom. The Labute approximate surface area is 178 Å². The number of benzene rings is 3. The van der Waals surface area contributed by atoms with Crippen molar-refractivity contribution >= 4 is 29.2 Å². The molecule has 158 valence electrons. The largest absolute Gasteiger partial charge is 0.368 e. The first kappa shape index (κ1) is 21.5. The molecule has 1 unspecified atom stereocenters. The fraction of sp³-hybridized carbons (Fsp3) is 0.0870. The monoisotopic (exact) mass is 420 g/mol. The molecule has 0 aliphatic carbocycles. The number of halogens is 1. The standard InChI is InChI=1S/C23H21FN4O3/c1-28(20(21(25)29)16-6-5-7-17(24)14-16)22(30)15-10-12-19(13-11-15)27-23(31)26-18-8-3-2-4-9-18/h2-14,20H,1H3,(H2,25,29)(H2,26,27,31). The maximum Gasteiger partial charge on any atom is 0.323 e. The number of nitrogens with one attached hydrogen (secondary N) is 2. The Bertz CT molecular complexity index is 1090. The summed E-state index contributed by atoms with van der Waals surface area (Å²) in [5, 5.41) is 5.36. The first-order valence-corrected chi connectivity index (χ1v) is 9.40. The molecule has 3 rings (SSSR count). The van der Waals surface area contributed by atoms with Gasteiger partial charge >= 0.3 is 6.03 Å². The van der Waals surface area contributed by atoms with Crippen molar-refractivity contribution in [3.05, 3.63) is 95.8 Å². The van der Waals surface area contributed by atoms with E-state index in [2.05, 4.69) is 10.6 Å². The predicted octanol–water partition coefficient (Wildman–Crippen LogP) is 3.77. The number of hydrogen-bond acceptors (Lipinski definition) is 3. The fourth-order valence-corrected chi connectivity index (χ4v) is 3.09. The minimum Gasteiger partial charge on any atom is -0.368 e. The molecule has 7 nitrogen and oxygen atoms in total. The second-order valence-corrected chi connectivity index (χ2v) is 6.80. The lowest BCUT2D eigenvalue weighted by atomic mass is 10.0. The van der Waals surface area contributed by atoms with E-state index in [-0.39, 0.29) is 11.1 Å². The highest BCUT2D eigenvalue weighted by molar-refractivity contribution is 6.01. The molecule has 8 heteroatoms. The summed E-state index contributed by atoms with van der Waals surface area (Å²) in [4.78, 5) is 38.0. The molecule has 0 saturated carbocycles. The van der Waals surface area contributed by atoms with Gasteiger partial charge in [0.2, 0.25) is 5.91 Å². The third-order valence-corrected chi connectivity index (χ3v) is 4.56. The van der Waals surface area contributed by atoms with Crippen LogP contribution in [0.15, 0.2) is 78.9 Å². The summed E-state index contributed by atoms with van der Waals surface area (Å²) in [5.74, 6) is -1.79. The summed E-state index contributed by atoms with van der Waals surface area (Å²) < 4.78 is 13.6. The second kappa shape index (κ2) is 9.53. The Kier molecular flexibility index (Phi) is 6.61. The maximum atomic E-state index is 13.6. The molecular formula is C23H21FN4O3. The van der Waals surface area contributed by atoms with Crippen LogP contribution in [-0.2, 0) is 4.79 Å². The zero-order valence-electron chi connectivity index (χ0n) is 16.7. The number of urea groups is 1. The van der Waals surface area contributed by atoms with E-state index in [1.54, 1.807) is 36.4 Å². The maximum absolute atomic E-state index is 13.6. The Morgan fingerprint density at radius 3 is 2.06 bits per heavy atom. The second-order valence-electron chi connectivity index (χ2n) is 6.80. The number of primary amides is 1. The summed E-state index contributed by atoms with van der Waals surface area (Å²) in [7, 11) is 1.42. The van der Waals surface area contributed by atoms with Crippen molar-refractivity contribution in [1.29, 1.82) is 0 Å². The third kappa shape index (κ3) is 5.45. The van der Waals surface area contributed by atoms with Gasteiger partial charge in [-0.1, -0.05) is 30.3 Å². The fourth-order valence-electron chi connectivity index (χ4n) is 3.09. The van der Waals surface area contributed by atoms with Gasteiger partial charge in [0, 0.05) is 24.0 Å². The molecule has 0 aliphatic heterocycles. The van der Waals surface area contributed by atoms with E-state index in [0.717, 1.165) is 11.0 Å². The summed E-state index contributed by atoms with van der Waals surface area (Å²) in [6.07, 6.45) is 0. The van der Waals surface area contributed by atoms with Crippen LogP contribution in [0.2, 0.25) is 0 Å². The van der Waals surface area contributed by atoms with Crippen molar-refractivity contribution in [3.8, 4) is 0 Å². The number of para-hydroxylation sites is 1. The van der Waals surface area contributed by atoms with Crippen LogP contribution in [0, 0.1) is 5.82 Å². The summed E-state index contributed by atoms with van der Waals surface area (Å²) >= 11 is 0. The number of hydrogen-bond donors (Lipinski definition) is 3. The van der Waals surface area contributed by atoms with Gasteiger partial charge in [0.15, 0.2) is 0 Å². The normalized spacial score (nSPS) is 11.3. The molecule has 0 bridgehead atoms. The lowest BCUT2D eigenvalue weighted by Crippen LogP contribution is -2.39. The van der Waals surface area contributed by atoms with Crippen LogP contribution in [-0.4, -0.2) is 29.8 Å². The van der Waals surface area contributed by atoms with Gasteiger partial charge in [-0.25, -0.2) is 9.18 Å². The zero-order chi connectivity index (χ0) is 22.4. The van der Waals surface area contributed by atoms with Gasteiger partial charge in [-0.15, -0.1) is 0 Å². The van der Waals surface area contributed by atoms with Crippen LogP contribution in [0.4, 0.5) is 20.6 Å². The van der Waals surface area contributed by atoms with Crippen LogP contribution in [0.5, 0.6) is 0 Å². The van der Waals surface area contributed by atoms with Crippen LogP contribution >= 0.6 is 0 Å². The van der Waals surface area contributed by atoms with E-state index >= 15 is 0 Å². The number of anilines is 2. The van der Waals surface area contributed by atoms with Crippen molar-refractivity contribution in [1.82, 2.24) is 4.90 Å². The Balaban J connectivity index is 1.70. The van der Waals surface area contributed by atoms with Gasteiger partial charge in [-0.2, -0.15) is 0 Å². The summed E-state index contributed by atoms with van der Waals surface area (Å²) in [6.45, 7) is 0. The molecule has 0 aliphatic rings. The molecule has 31 heavy (non-hydrogen) atoms. The highest BCUT2D eigenvalue weighted by Gasteiger charge is 2.27. The summed E-state index contributed by atoms with van der Waals surface area (Å²) in [6, 6.07) is 18.9. The first-order valence-electron chi connectivity index (χ1n) is 9.40. The molecule has 0 spiro atoms. The minimum atomic E-state index is -1.13. The third-order valence-electron chi connectivity index (χ3n) is 4.56. The number of nitrogens with zero attached hydrogens (tertiary/aromatic N) is 1. The molecule has 0 heterocycles. The number of amides is 4. The number of likely N-dealkylation sites (N-methyl/N-ethyl adjacent to an activating group) is 1. The topological polar surface area (TPSA) is 105 Å². The van der Waals surface area contributed by atoms with Crippen LogP contribution in [0.1, 0.15) is 22.0 Å². The number of nitrogens with two attached hydrogens (primary N) is 1. The van der Waals surface area contributed by atoms with Crippen LogP contribution in [0.25, 0.3) is 0 Å². The average Bonchev–Trinajstić information content (AvgIpc) is 2.74. The minimum absolute atomic E-state index is 0.277. The van der Waals surface area contributed by atoms with E-state index in [1.807, 2.05) is 6.07 Å². The van der Waals surface area contributed by atoms with Crippen molar-refractivity contribution in [2.45, 2.75) is 6.04 Å². The van der Waals surface area contributed by atoms with E-state index in [1.165, 1.54) is 37.4 Å². The van der Waals surface area contributed by atoms with Crippen molar-refractivity contribution in [3.63, 3.8) is 0 Å². The van der Waals surface area contributed by atoms with Gasteiger partial charge < -0.3 is 21.3 Å². The molecule has 0 radical (unpaired) electrons. The Hall–Kier alpha value is -4.20. The Morgan fingerprint density at radius 2 is 1.48 bits per heavy atom.